The van der Waals surface area contributed by atoms with E-state index in [0.29, 0.717) is 0 Å². The first-order valence-corrected chi connectivity index (χ1v) is 1.68. The van der Waals surface area contributed by atoms with Crippen molar-refractivity contribution < 1.29 is 0 Å². The highest BCUT2D eigenvalue weighted by Crippen LogP contribution is 1.78. The normalized spacial score (nSPS) is 17.3. The third-order valence-electron chi connectivity index (χ3n) is 0.468. The van der Waals surface area contributed by atoms with Crippen molar-refractivity contribution in [2.75, 3.05) is 0 Å². The lowest BCUT2D eigenvalue weighted by molar-refractivity contribution is 0.964. The monoisotopic (exact) mass is 80.0 g/mol. The predicted octanol–water partition coefficient (Wildman–Crippen LogP) is 0.170. The summed E-state index contributed by atoms with van der Waals surface area (Å²) in [7, 11) is 0. The van der Waals surface area contributed by atoms with Gasteiger partial charge in [0.25, 0.3) is 0 Å². The van der Waals surface area contributed by atoms with Gasteiger partial charge < -0.3 is 0 Å². The molecule has 0 amide bonds. The first kappa shape index (κ1) is 3.40. The fraction of sp³-hybridized carbons (Fsp3) is 0. The molecule has 1 aliphatic rings. The van der Waals surface area contributed by atoms with E-state index in [1.54, 1.807) is 18.5 Å². The molecule has 0 spiro atoms. The van der Waals surface area contributed by atoms with Crippen LogP contribution >= 0.6 is 0 Å². The van der Waals surface area contributed by atoms with Crippen LogP contribution in [-0.2, 0) is 0 Å². The topological polar surface area (TPSA) is 24.4 Å². The maximum atomic E-state index is 3.60. The third-order valence-corrected chi connectivity index (χ3v) is 0.468. The summed E-state index contributed by atoms with van der Waals surface area (Å²) in [6.45, 7) is 0. The van der Waals surface area contributed by atoms with Crippen LogP contribution in [0.2, 0.25) is 0 Å². The molecule has 30 valence electrons. The molecule has 0 aromatic carbocycles. The molecule has 0 saturated heterocycles. The summed E-state index contributed by atoms with van der Waals surface area (Å²) in [6, 6.07) is 0. The van der Waals surface area contributed by atoms with E-state index in [1.807, 2.05) is 0 Å². The summed E-state index contributed by atoms with van der Waals surface area (Å²) in [5.41, 5.74) is 2.61. The van der Waals surface area contributed by atoms with Crippen molar-refractivity contribution in [2.45, 2.75) is 0 Å². The third kappa shape index (κ3) is 0.578. The molecule has 2 nitrogen and oxygen atoms in total. The van der Waals surface area contributed by atoms with E-state index >= 15 is 0 Å². The molecule has 1 heterocycles. The van der Waals surface area contributed by atoms with Crippen LogP contribution in [0.25, 0.3) is 0 Å². The highest BCUT2D eigenvalue weighted by Gasteiger charge is 1.76. The van der Waals surface area contributed by atoms with Gasteiger partial charge in [0.15, 0.2) is 0 Å². The van der Waals surface area contributed by atoms with Gasteiger partial charge in [-0.15, -0.1) is 0 Å². The molecule has 1 N–H and O–H groups in total. The van der Waals surface area contributed by atoms with Crippen LogP contribution in [0.1, 0.15) is 0 Å². The number of hydrogen-bond donors (Lipinski definition) is 1. The molecular formula is C4H4N2. The van der Waals surface area contributed by atoms with Crippen LogP contribution in [0.3, 0.4) is 0 Å². The molecule has 0 fully saturated rings. The van der Waals surface area contributed by atoms with E-state index in [9.17, 15) is 0 Å². The van der Waals surface area contributed by atoms with Gasteiger partial charge in [0, 0.05) is 12.4 Å². The molecule has 0 unspecified atom stereocenters. The van der Waals surface area contributed by atoms with Gasteiger partial charge in [-0.25, -0.2) is 0 Å². The zero-order valence-corrected chi connectivity index (χ0v) is 3.18. The Labute approximate surface area is 36.6 Å². The number of hydrazone groups is 1. The van der Waals surface area contributed by atoms with E-state index in [2.05, 4.69) is 16.9 Å². The van der Waals surface area contributed by atoms with Gasteiger partial charge in [0.05, 0.1) is 6.42 Å². The van der Waals surface area contributed by atoms with Crippen LogP contribution in [0, 0.1) is 6.42 Å². The smallest absolute Gasteiger partial charge is 0.0579 e. The Morgan fingerprint density at radius 3 is 2.83 bits per heavy atom. The lowest BCUT2D eigenvalue weighted by Gasteiger charge is -1.90. The Balaban J connectivity index is 2.40. The lowest BCUT2D eigenvalue weighted by atomic mass is 10.4. The fourth-order valence-electron chi connectivity index (χ4n) is 0.246. The second-order valence-electron chi connectivity index (χ2n) is 0.887. The summed E-state index contributed by atoms with van der Waals surface area (Å²) in [5.74, 6) is 0. The average Bonchev–Trinajstić information content (AvgIpc) is 1.72. The van der Waals surface area contributed by atoms with Crippen molar-refractivity contribution in [3.8, 4) is 0 Å². The van der Waals surface area contributed by atoms with Crippen molar-refractivity contribution in [1.82, 2.24) is 5.43 Å². The van der Waals surface area contributed by atoms with Crippen LogP contribution in [0.5, 0.6) is 0 Å². The molecule has 6 heavy (non-hydrogen) atoms. The maximum Gasteiger partial charge on any atom is 0.0579 e. The Morgan fingerprint density at radius 1 is 1.67 bits per heavy atom. The standard InChI is InChI=1S/C4H4N2/c1-2-4-6-5-3-1/h1,3-5H. The number of nitrogens with one attached hydrogen (secondary N) is 1. The van der Waals surface area contributed by atoms with Gasteiger partial charge in [0.2, 0.25) is 0 Å². The van der Waals surface area contributed by atoms with Crippen molar-refractivity contribution in [3.05, 3.63) is 18.7 Å². The van der Waals surface area contributed by atoms with Crippen LogP contribution in [-0.4, -0.2) is 6.21 Å². The number of nitrogens with zero attached hydrogens (tertiary/aromatic N) is 1. The Hall–Kier alpha value is -0.790. The zero-order chi connectivity index (χ0) is 4.24. The Morgan fingerprint density at radius 2 is 2.67 bits per heavy atom. The van der Waals surface area contributed by atoms with Crippen molar-refractivity contribution in [2.24, 2.45) is 5.10 Å². The molecule has 0 bridgehead atoms. The van der Waals surface area contributed by atoms with Gasteiger partial charge in [-0.1, -0.05) is 6.08 Å². The van der Waals surface area contributed by atoms with Gasteiger partial charge >= 0.3 is 0 Å². The molecule has 1 rings (SSSR count). The Bertz CT molecular complexity index is 63.5. The molecule has 0 atom stereocenters. The Kier molecular flexibility index (Phi) is 0.906. The number of rotatable bonds is 0. The fourth-order valence-corrected chi connectivity index (χ4v) is 0.246. The van der Waals surface area contributed by atoms with Crippen molar-refractivity contribution in [3.63, 3.8) is 0 Å². The highest BCUT2D eigenvalue weighted by molar-refractivity contribution is 5.71. The quantitative estimate of drug-likeness (QED) is 0.440. The SMILES string of the molecule is [C]1C=CNN=C1. The first-order valence-electron chi connectivity index (χ1n) is 1.68. The van der Waals surface area contributed by atoms with E-state index in [-0.39, 0.29) is 0 Å². The maximum absolute atomic E-state index is 3.60. The first-order chi connectivity index (χ1) is 3.00. The number of hydrogen-bond acceptors (Lipinski definition) is 2. The molecule has 0 aromatic rings. The zero-order valence-electron chi connectivity index (χ0n) is 3.18. The van der Waals surface area contributed by atoms with Crippen molar-refractivity contribution >= 4 is 6.21 Å². The van der Waals surface area contributed by atoms with E-state index in [0.717, 1.165) is 0 Å². The second kappa shape index (κ2) is 1.60. The summed E-state index contributed by atoms with van der Waals surface area (Å²) >= 11 is 0. The summed E-state index contributed by atoms with van der Waals surface area (Å²) in [4.78, 5) is 0. The van der Waals surface area contributed by atoms with E-state index in [4.69, 9.17) is 0 Å². The minimum Gasteiger partial charge on any atom is -0.286 e. The minimum absolute atomic E-state index is 1.57. The largest absolute Gasteiger partial charge is 0.286 e. The van der Waals surface area contributed by atoms with Gasteiger partial charge in [-0.05, 0) is 0 Å². The molecule has 1 aliphatic heterocycles. The van der Waals surface area contributed by atoms with Crippen LogP contribution in [0.4, 0.5) is 0 Å². The molecule has 2 radical (unpaired) electrons. The number of allylic oxidation sites excluding steroid dienone is 1. The minimum atomic E-state index is 1.57. The molecule has 0 saturated carbocycles. The molecule has 0 aromatic heterocycles. The van der Waals surface area contributed by atoms with Crippen molar-refractivity contribution in [1.29, 1.82) is 0 Å². The summed E-state index contributed by atoms with van der Waals surface area (Å²) in [6.07, 6.45) is 7.78. The predicted molar refractivity (Wildman–Crippen MR) is 24.0 cm³/mol. The van der Waals surface area contributed by atoms with Gasteiger partial charge in [-0.3, -0.25) is 5.43 Å². The molecular weight excluding hydrogens is 76.1 g/mol. The molecule has 2 heteroatoms. The second-order valence-corrected chi connectivity index (χ2v) is 0.887. The van der Waals surface area contributed by atoms with Gasteiger partial charge in [0.1, 0.15) is 0 Å². The lowest BCUT2D eigenvalue weighted by Crippen LogP contribution is -1.97. The van der Waals surface area contributed by atoms with Crippen LogP contribution in [0.15, 0.2) is 17.4 Å². The highest BCUT2D eigenvalue weighted by atomic mass is 15.3. The van der Waals surface area contributed by atoms with E-state index in [1.165, 1.54) is 0 Å². The van der Waals surface area contributed by atoms with Crippen LogP contribution < -0.4 is 5.43 Å². The molecule has 0 aliphatic carbocycles. The van der Waals surface area contributed by atoms with E-state index < -0.39 is 0 Å². The average molecular weight is 80.1 g/mol. The summed E-state index contributed by atoms with van der Waals surface area (Å²) < 4.78 is 0. The summed E-state index contributed by atoms with van der Waals surface area (Å²) in [5, 5.41) is 3.60. The van der Waals surface area contributed by atoms with Gasteiger partial charge in [-0.2, -0.15) is 5.10 Å².